The molecule has 0 N–H and O–H groups in total. The first-order chi connectivity index (χ1) is 7.88. The van der Waals surface area contributed by atoms with E-state index in [-0.39, 0.29) is 17.8 Å². The van der Waals surface area contributed by atoms with Crippen molar-refractivity contribution in [3.05, 3.63) is 34.9 Å². The Morgan fingerprint density at radius 1 is 1.41 bits per heavy atom. The molecule has 2 heteroatoms. The minimum atomic E-state index is -0.942. The number of fused-ring (bicyclic) bond motifs is 1. The molecule has 1 aromatic rings. The van der Waals surface area contributed by atoms with Crippen molar-refractivity contribution in [1.82, 2.24) is 0 Å². The monoisotopic (exact) mass is 231 g/mol. The first-order valence-electron chi connectivity index (χ1n) is 6.21. The maximum Gasteiger partial charge on any atom is 0.0420 e. The van der Waals surface area contributed by atoms with Gasteiger partial charge >= 0.3 is 0 Å². The molecule has 0 spiro atoms. The fraction of sp³-hybridized carbons (Fsp3) is 0.533. The maximum absolute atomic E-state index is 10.7. The van der Waals surface area contributed by atoms with Crippen LogP contribution in [0.2, 0.25) is 0 Å². The van der Waals surface area contributed by atoms with Crippen LogP contribution in [0.5, 0.6) is 0 Å². The summed E-state index contributed by atoms with van der Waals surface area (Å²) in [6, 6.07) is 6.48. The van der Waals surface area contributed by atoms with Gasteiger partial charge < -0.3 is 9.90 Å². The van der Waals surface area contributed by atoms with Crippen molar-refractivity contribution in [2.24, 2.45) is 0 Å². The van der Waals surface area contributed by atoms with E-state index in [1.54, 1.807) is 0 Å². The molecular formula is C15H19O2-. The third kappa shape index (κ3) is 2.51. The van der Waals surface area contributed by atoms with Crippen molar-refractivity contribution in [3.8, 4) is 0 Å². The van der Waals surface area contributed by atoms with Crippen LogP contribution in [-0.4, -0.2) is 5.97 Å². The van der Waals surface area contributed by atoms with Crippen molar-refractivity contribution >= 4 is 5.97 Å². The number of hydrogen-bond donors (Lipinski definition) is 0. The van der Waals surface area contributed by atoms with Crippen LogP contribution in [0.25, 0.3) is 0 Å². The summed E-state index contributed by atoms with van der Waals surface area (Å²) < 4.78 is 0. The predicted molar refractivity (Wildman–Crippen MR) is 65.8 cm³/mol. The number of benzene rings is 1. The molecule has 17 heavy (non-hydrogen) atoms. The van der Waals surface area contributed by atoms with Crippen molar-refractivity contribution in [2.45, 2.75) is 51.4 Å². The van der Waals surface area contributed by atoms with Crippen molar-refractivity contribution < 1.29 is 9.90 Å². The summed E-state index contributed by atoms with van der Waals surface area (Å²) in [5.41, 5.74) is 4.01. The van der Waals surface area contributed by atoms with Crippen molar-refractivity contribution in [3.63, 3.8) is 0 Å². The number of hydrogen-bond acceptors (Lipinski definition) is 2. The van der Waals surface area contributed by atoms with E-state index in [2.05, 4.69) is 39.0 Å². The Kier molecular flexibility index (Phi) is 2.98. The van der Waals surface area contributed by atoms with Gasteiger partial charge in [0.2, 0.25) is 0 Å². The summed E-state index contributed by atoms with van der Waals surface area (Å²) in [5, 5.41) is 10.7. The zero-order valence-corrected chi connectivity index (χ0v) is 10.7. The van der Waals surface area contributed by atoms with Gasteiger partial charge in [-0.3, -0.25) is 0 Å². The number of aryl methyl sites for hydroxylation is 1. The molecule has 0 aromatic heterocycles. The van der Waals surface area contributed by atoms with Crippen molar-refractivity contribution in [2.75, 3.05) is 0 Å². The van der Waals surface area contributed by atoms with E-state index in [1.807, 2.05) is 0 Å². The molecular weight excluding hydrogens is 212 g/mol. The molecule has 1 aromatic carbocycles. The number of carboxylic acids is 1. The van der Waals surface area contributed by atoms with Gasteiger partial charge in [-0.05, 0) is 47.3 Å². The zero-order chi connectivity index (χ0) is 12.6. The molecule has 1 aliphatic carbocycles. The minimum absolute atomic E-state index is 0.154. The van der Waals surface area contributed by atoms with Crippen LogP contribution in [0, 0.1) is 0 Å². The third-order valence-corrected chi connectivity index (χ3v) is 3.62. The van der Waals surface area contributed by atoms with E-state index >= 15 is 0 Å². The molecule has 0 amide bonds. The summed E-state index contributed by atoms with van der Waals surface area (Å²) in [4.78, 5) is 10.7. The summed E-state index contributed by atoms with van der Waals surface area (Å²) >= 11 is 0. The van der Waals surface area contributed by atoms with Gasteiger partial charge in [-0.1, -0.05) is 39.0 Å². The molecule has 0 saturated carbocycles. The summed E-state index contributed by atoms with van der Waals surface area (Å²) in [5.74, 6) is -0.785. The van der Waals surface area contributed by atoms with Gasteiger partial charge in [-0.2, -0.15) is 0 Å². The van der Waals surface area contributed by atoms with Gasteiger partial charge in [0.05, 0.1) is 0 Å². The van der Waals surface area contributed by atoms with Crippen LogP contribution in [0.15, 0.2) is 18.2 Å². The minimum Gasteiger partial charge on any atom is -0.550 e. The molecule has 0 aliphatic heterocycles. The second kappa shape index (κ2) is 4.17. The molecule has 0 fully saturated rings. The van der Waals surface area contributed by atoms with E-state index in [1.165, 1.54) is 16.7 Å². The normalized spacial score (nSPS) is 19.1. The van der Waals surface area contributed by atoms with E-state index in [0.29, 0.717) is 0 Å². The van der Waals surface area contributed by atoms with Crippen LogP contribution >= 0.6 is 0 Å². The lowest BCUT2D eigenvalue weighted by atomic mass is 9.85. The van der Waals surface area contributed by atoms with Crippen LogP contribution in [0.3, 0.4) is 0 Å². The lowest BCUT2D eigenvalue weighted by Gasteiger charge is -2.20. The fourth-order valence-corrected chi connectivity index (χ4v) is 2.59. The highest BCUT2D eigenvalue weighted by molar-refractivity contribution is 5.66. The summed E-state index contributed by atoms with van der Waals surface area (Å²) in [6.07, 6.45) is 2.09. The average molecular weight is 231 g/mol. The van der Waals surface area contributed by atoms with Gasteiger partial charge in [0.1, 0.15) is 0 Å². The first-order valence-corrected chi connectivity index (χ1v) is 6.21. The van der Waals surface area contributed by atoms with Gasteiger partial charge in [-0.25, -0.2) is 0 Å². The molecule has 92 valence electrons. The second-order valence-corrected chi connectivity index (χ2v) is 5.98. The second-order valence-electron chi connectivity index (χ2n) is 5.98. The molecule has 0 radical (unpaired) electrons. The van der Waals surface area contributed by atoms with E-state index in [9.17, 15) is 9.90 Å². The number of carbonyl (C=O) groups excluding carboxylic acids is 1. The Balaban J connectivity index is 2.29. The highest BCUT2D eigenvalue weighted by Crippen LogP contribution is 2.37. The predicted octanol–water partition coefficient (Wildman–Crippen LogP) is 2.15. The number of carbonyl (C=O) groups is 1. The molecule has 2 nitrogen and oxygen atoms in total. The summed E-state index contributed by atoms with van der Waals surface area (Å²) in [7, 11) is 0. The fourth-order valence-electron chi connectivity index (χ4n) is 2.59. The standard InChI is InChI=1S/C15H20O2/c1-15(2,3)12-6-7-13-10(8-12)4-5-11(13)9-14(16)17/h6-8,11H,4-5,9H2,1-3H3,(H,16,17)/p-1. The lowest BCUT2D eigenvalue weighted by molar-refractivity contribution is -0.306. The maximum atomic E-state index is 10.7. The molecule has 1 aliphatic rings. The Morgan fingerprint density at radius 3 is 2.71 bits per heavy atom. The molecule has 0 saturated heterocycles. The quantitative estimate of drug-likeness (QED) is 0.782. The number of aliphatic carboxylic acids is 1. The Labute approximate surface area is 103 Å². The Morgan fingerprint density at radius 2 is 2.12 bits per heavy atom. The molecule has 1 atom stereocenters. The molecule has 2 rings (SSSR count). The Bertz CT molecular complexity index is 441. The SMILES string of the molecule is CC(C)(C)c1ccc2c(c1)CCC2CC(=O)[O-]. The van der Waals surface area contributed by atoms with Crippen LogP contribution < -0.4 is 5.11 Å². The number of carboxylic acid groups (broad SMARTS) is 1. The van der Waals surface area contributed by atoms with Crippen LogP contribution in [0.1, 0.15) is 56.2 Å². The smallest absolute Gasteiger partial charge is 0.0420 e. The number of rotatable bonds is 2. The molecule has 0 bridgehead atoms. The first kappa shape index (κ1) is 12.2. The average Bonchev–Trinajstić information content (AvgIpc) is 2.59. The highest BCUT2D eigenvalue weighted by Gasteiger charge is 2.24. The lowest BCUT2D eigenvalue weighted by Crippen LogP contribution is -2.23. The topological polar surface area (TPSA) is 40.1 Å². The molecule has 1 unspecified atom stereocenters. The van der Waals surface area contributed by atoms with E-state index < -0.39 is 5.97 Å². The summed E-state index contributed by atoms with van der Waals surface area (Å²) in [6.45, 7) is 6.59. The van der Waals surface area contributed by atoms with E-state index in [4.69, 9.17) is 0 Å². The Hall–Kier alpha value is -1.31. The highest BCUT2D eigenvalue weighted by atomic mass is 16.4. The van der Waals surface area contributed by atoms with E-state index in [0.717, 1.165) is 12.8 Å². The van der Waals surface area contributed by atoms with Gasteiger partial charge in [-0.15, -0.1) is 0 Å². The third-order valence-electron chi connectivity index (χ3n) is 3.62. The van der Waals surface area contributed by atoms with Crippen molar-refractivity contribution in [1.29, 1.82) is 0 Å². The van der Waals surface area contributed by atoms with Crippen LogP contribution in [-0.2, 0) is 16.6 Å². The van der Waals surface area contributed by atoms with Gasteiger partial charge in [0, 0.05) is 5.97 Å². The molecule has 0 heterocycles. The largest absolute Gasteiger partial charge is 0.550 e. The van der Waals surface area contributed by atoms with Gasteiger partial charge in [0.15, 0.2) is 0 Å². The van der Waals surface area contributed by atoms with Crippen LogP contribution in [0.4, 0.5) is 0 Å². The zero-order valence-electron chi connectivity index (χ0n) is 10.7. The van der Waals surface area contributed by atoms with Gasteiger partial charge in [0.25, 0.3) is 0 Å².